The number of rotatable bonds is 8. The van der Waals surface area contributed by atoms with Gasteiger partial charge in [0.25, 0.3) is 5.56 Å². The standard InChI is InChI=1S/C21H29N5O4S/c1-6-7-12-26-19-18(20(27)23-21(26)28)25(4)17(22-19)13-24(3)14(2)15-8-10-16(11-9-15)31(5,29)30/h8-11,14H,6-7,12-13H2,1-5H3,(H,23,27,28). The minimum atomic E-state index is -3.24. The third kappa shape index (κ3) is 4.64. The van der Waals surface area contributed by atoms with Crippen LogP contribution in [0.2, 0.25) is 0 Å². The van der Waals surface area contributed by atoms with Gasteiger partial charge in [0.1, 0.15) is 5.82 Å². The summed E-state index contributed by atoms with van der Waals surface area (Å²) in [5.41, 5.74) is 0.859. The molecule has 168 valence electrons. The van der Waals surface area contributed by atoms with Gasteiger partial charge in [0, 0.05) is 25.9 Å². The van der Waals surface area contributed by atoms with Crippen molar-refractivity contribution in [1.29, 1.82) is 0 Å². The monoisotopic (exact) mass is 447 g/mol. The zero-order valence-electron chi connectivity index (χ0n) is 18.5. The molecule has 0 aliphatic heterocycles. The number of aromatic amines is 1. The molecule has 1 unspecified atom stereocenters. The largest absolute Gasteiger partial charge is 0.330 e. The molecule has 2 heterocycles. The molecule has 2 aromatic heterocycles. The summed E-state index contributed by atoms with van der Waals surface area (Å²) in [6.07, 6.45) is 2.92. The highest BCUT2D eigenvalue weighted by Gasteiger charge is 2.20. The molecular formula is C21H29N5O4S. The summed E-state index contributed by atoms with van der Waals surface area (Å²) in [7, 11) is 0.465. The van der Waals surface area contributed by atoms with Crippen molar-refractivity contribution in [2.45, 2.75) is 50.7 Å². The lowest BCUT2D eigenvalue weighted by Crippen LogP contribution is -2.31. The van der Waals surface area contributed by atoms with Gasteiger partial charge in [-0.3, -0.25) is 19.2 Å². The van der Waals surface area contributed by atoms with Gasteiger partial charge in [0.15, 0.2) is 21.0 Å². The normalized spacial score (nSPS) is 13.2. The molecule has 0 saturated heterocycles. The Hall–Kier alpha value is -2.72. The van der Waals surface area contributed by atoms with Crippen molar-refractivity contribution in [1.82, 2.24) is 24.0 Å². The molecule has 3 rings (SSSR count). The molecule has 0 aliphatic carbocycles. The molecule has 0 spiro atoms. The van der Waals surface area contributed by atoms with Crippen molar-refractivity contribution in [3.05, 3.63) is 56.5 Å². The molecule has 31 heavy (non-hydrogen) atoms. The molecule has 0 radical (unpaired) electrons. The number of hydrogen-bond acceptors (Lipinski definition) is 6. The first-order valence-electron chi connectivity index (χ1n) is 10.2. The fraction of sp³-hybridized carbons (Fsp3) is 0.476. The topological polar surface area (TPSA) is 110 Å². The van der Waals surface area contributed by atoms with E-state index in [1.165, 1.54) is 10.8 Å². The zero-order chi connectivity index (χ0) is 22.9. The van der Waals surface area contributed by atoms with E-state index >= 15 is 0 Å². The predicted molar refractivity (Wildman–Crippen MR) is 120 cm³/mol. The Bertz CT molecular complexity index is 1300. The van der Waals surface area contributed by atoms with E-state index in [2.05, 4.69) is 14.9 Å². The van der Waals surface area contributed by atoms with Crippen LogP contribution in [0.15, 0.2) is 38.8 Å². The summed E-state index contributed by atoms with van der Waals surface area (Å²) in [5, 5.41) is 0. The number of sulfone groups is 1. The van der Waals surface area contributed by atoms with Crippen LogP contribution in [0.5, 0.6) is 0 Å². The summed E-state index contributed by atoms with van der Waals surface area (Å²) >= 11 is 0. The Morgan fingerprint density at radius 3 is 2.42 bits per heavy atom. The summed E-state index contributed by atoms with van der Waals surface area (Å²) in [6, 6.07) is 6.81. The fourth-order valence-corrected chi connectivity index (χ4v) is 4.19. The number of fused-ring (bicyclic) bond motifs is 1. The van der Waals surface area contributed by atoms with Crippen LogP contribution in [0.1, 0.15) is 44.1 Å². The van der Waals surface area contributed by atoms with Crippen molar-refractivity contribution in [2.24, 2.45) is 7.05 Å². The molecule has 3 aromatic rings. The van der Waals surface area contributed by atoms with Crippen LogP contribution in [0, 0.1) is 0 Å². The van der Waals surface area contributed by atoms with E-state index in [4.69, 9.17) is 0 Å². The van der Waals surface area contributed by atoms with Gasteiger partial charge in [-0.25, -0.2) is 18.2 Å². The second kappa shape index (κ2) is 8.80. The maximum absolute atomic E-state index is 12.4. The summed E-state index contributed by atoms with van der Waals surface area (Å²) in [5.74, 6) is 0.665. The van der Waals surface area contributed by atoms with Gasteiger partial charge in [0.05, 0.1) is 11.4 Å². The second-order valence-corrected chi connectivity index (χ2v) is 9.97. The summed E-state index contributed by atoms with van der Waals surface area (Å²) < 4.78 is 26.6. The molecule has 1 aromatic carbocycles. The number of benzene rings is 1. The highest BCUT2D eigenvalue weighted by molar-refractivity contribution is 7.90. The van der Waals surface area contributed by atoms with E-state index in [9.17, 15) is 18.0 Å². The number of unbranched alkanes of at least 4 members (excludes halogenated alkanes) is 1. The van der Waals surface area contributed by atoms with E-state index in [-0.39, 0.29) is 10.9 Å². The number of imidazole rings is 1. The first-order chi connectivity index (χ1) is 14.5. The smallest absolute Gasteiger partial charge is 0.324 e. The molecule has 0 fully saturated rings. The maximum atomic E-state index is 12.4. The number of aromatic nitrogens is 4. The maximum Gasteiger partial charge on any atom is 0.330 e. The molecule has 10 heteroatoms. The first-order valence-corrected chi connectivity index (χ1v) is 12.1. The van der Waals surface area contributed by atoms with Crippen molar-refractivity contribution in [2.75, 3.05) is 13.3 Å². The molecule has 0 bridgehead atoms. The first kappa shape index (κ1) is 23.0. The van der Waals surface area contributed by atoms with Crippen LogP contribution in [-0.4, -0.2) is 45.7 Å². The highest BCUT2D eigenvalue weighted by atomic mass is 32.2. The minimum Gasteiger partial charge on any atom is -0.324 e. The third-order valence-electron chi connectivity index (χ3n) is 5.68. The molecule has 0 amide bonds. The second-order valence-electron chi connectivity index (χ2n) is 7.96. The lowest BCUT2D eigenvalue weighted by molar-refractivity contribution is 0.245. The predicted octanol–water partition coefficient (Wildman–Crippen LogP) is 1.82. The van der Waals surface area contributed by atoms with Crippen LogP contribution in [-0.2, 0) is 30.0 Å². The lowest BCUT2D eigenvalue weighted by atomic mass is 10.1. The van der Waals surface area contributed by atoms with Crippen molar-refractivity contribution < 1.29 is 8.42 Å². The molecule has 0 aliphatic rings. The number of nitrogens with zero attached hydrogens (tertiary/aromatic N) is 4. The zero-order valence-corrected chi connectivity index (χ0v) is 19.4. The van der Waals surface area contributed by atoms with Gasteiger partial charge in [-0.1, -0.05) is 25.5 Å². The Kier molecular flexibility index (Phi) is 6.51. The van der Waals surface area contributed by atoms with Crippen LogP contribution >= 0.6 is 0 Å². The van der Waals surface area contributed by atoms with Gasteiger partial charge >= 0.3 is 5.69 Å². The van der Waals surface area contributed by atoms with Gasteiger partial charge in [0.2, 0.25) is 0 Å². The van der Waals surface area contributed by atoms with Gasteiger partial charge in [-0.05, 0) is 38.1 Å². The van der Waals surface area contributed by atoms with Crippen molar-refractivity contribution >= 4 is 21.0 Å². The Balaban J connectivity index is 1.92. The van der Waals surface area contributed by atoms with Crippen LogP contribution in [0.25, 0.3) is 11.2 Å². The summed E-state index contributed by atoms with van der Waals surface area (Å²) in [4.78, 5) is 34.1. The minimum absolute atomic E-state index is 0.0195. The van der Waals surface area contributed by atoms with E-state index in [0.29, 0.717) is 30.1 Å². The van der Waals surface area contributed by atoms with E-state index in [0.717, 1.165) is 18.4 Å². The third-order valence-corrected chi connectivity index (χ3v) is 6.81. The quantitative estimate of drug-likeness (QED) is 0.564. The van der Waals surface area contributed by atoms with E-state index in [1.807, 2.05) is 20.9 Å². The molecule has 9 nitrogen and oxygen atoms in total. The average Bonchev–Trinajstić information content (AvgIpc) is 3.03. The fourth-order valence-electron chi connectivity index (χ4n) is 3.56. The molecule has 1 N–H and O–H groups in total. The Morgan fingerprint density at radius 1 is 1.19 bits per heavy atom. The number of H-pyrrole nitrogens is 1. The Labute approximate surface area is 181 Å². The van der Waals surface area contributed by atoms with E-state index < -0.39 is 21.1 Å². The molecule has 0 saturated carbocycles. The number of hydrogen-bond donors (Lipinski definition) is 1. The van der Waals surface area contributed by atoms with Crippen LogP contribution in [0.4, 0.5) is 0 Å². The van der Waals surface area contributed by atoms with Crippen molar-refractivity contribution in [3.8, 4) is 0 Å². The highest BCUT2D eigenvalue weighted by Crippen LogP contribution is 2.23. The van der Waals surface area contributed by atoms with Crippen LogP contribution in [0.3, 0.4) is 0 Å². The average molecular weight is 448 g/mol. The lowest BCUT2D eigenvalue weighted by Gasteiger charge is -2.24. The van der Waals surface area contributed by atoms with E-state index in [1.54, 1.807) is 35.9 Å². The number of nitrogens with one attached hydrogen (secondary N) is 1. The van der Waals surface area contributed by atoms with Crippen molar-refractivity contribution in [3.63, 3.8) is 0 Å². The SMILES string of the molecule is CCCCn1c(=O)[nH]c(=O)c2c1nc(CN(C)C(C)c1ccc(S(C)(=O)=O)cc1)n2C. The molecular weight excluding hydrogens is 418 g/mol. The Morgan fingerprint density at radius 2 is 1.84 bits per heavy atom. The van der Waals surface area contributed by atoms with Gasteiger partial charge in [-0.15, -0.1) is 0 Å². The summed E-state index contributed by atoms with van der Waals surface area (Å²) in [6.45, 7) is 5.00. The van der Waals surface area contributed by atoms with Crippen LogP contribution < -0.4 is 11.2 Å². The van der Waals surface area contributed by atoms with Gasteiger partial charge < -0.3 is 4.57 Å². The van der Waals surface area contributed by atoms with Gasteiger partial charge in [-0.2, -0.15) is 0 Å². The molecule has 1 atom stereocenters. The number of aryl methyl sites for hydroxylation is 2.